The zero-order chi connectivity index (χ0) is 14.8. The van der Waals surface area contributed by atoms with Gasteiger partial charge >= 0.3 is 0 Å². The van der Waals surface area contributed by atoms with Crippen LogP contribution < -0.4 is 5.32 Å². The second-order valence-corrected chi connectivity index (χ2v) is 5.71. The Morgan fingerprint density at radius 2 is 2.20 bits per heavy atom. The number of imidazole rings is 1. The van der Waals surface area contributed by atoms with Crippen LogP contribution in [-0.2, 0) is 23.8 Å². The quantitative estimate of drug-likeness (QED) is 0.941. The molecule has 0 aliphatic rings. The third-order valence-corrected chi connectivity index (χ3v) is 3.68. The number of halogens is 1. The molecule has 1 amide bonds. The van der Waals surface area contributed by atoms with Crippen LogP contribution in [0.5, 0.6) is 0 Å². The van der Waals surface area contributed by atoms with Crippen LogP contribution in [0.15, 0.2) is 36.7 Å². The molecule has 0 fully saturated rings. The molecule has 0 unspecified atom stereocenters. The molecule has 1 heterocycles. The van der Waals surface area contributed by atoms with Gasteiger partial charge in [-0.3, -0.25) is 4.79 Å². The summed E-state index contributed by atoms with van der Waals surface area (Å²) in [6, 6.07) is 7.38. The van der Waals surface area contributed by atoms with Crippen LogP contribution in [0.2, 0.25) is 5.02 Å². The van der Waals surface area contributed by atoms with Crippen LogP contribution >= 0.6 is 11.6 Å². The van der Waals surface area contributed by atoms with E-state index in [0.29, 0.717) is 11.6 Å². The van der Waals surface area contributed by atoms with Crippen molar-refractivity contribution in [2.24, 2.45) is 7.05 Å². The number of amides is 1. The summed E-state index contributed by atoms with van der Waals surface area (Å²) >= 11 is 5.99. The predicted molar refractivity (Wildman–Crippen MR) is 79.5 cm³/mol. The van der Waals surface area contributed by atoms with Crippen molar-refractivity contribution in [3.8, 4) is 0 Å². The monoisotopic (exact) mass is 291 g/mol. The first-order valence-electron chi connectivity index (χ1n) is 6.42. The van der Waals surface area contributed by atoms with Crippen molar-refractivity contribution in [2.75, 3.05) is 0 Å². The molecular weight excluding hydrogens is 274 g/mol. The van der Waals surface area contributed by atoms with Crippen LogP contribution in [0.4, 0.5) is 0 Å². The van der Waals surface area contributed by atoms with E-state index in [-0.39, 0.29) is 5.91 Å². The van der Waals surface area contributed by atoms with Crippen LogP contribution in [0.1, 0.15) is 25.2 Å². The van der Waals surface area contributed by atoms with E-state index in [0.717, 1.165) is 11.4 Å². The smallest absolute Gasteiger partial charge is 0.230 e. The first-order valence-corrected chi connectivity index (χ1v) is 6.79. The van der Waals surface area contributed by atoms with Gasteiger partial charge in [-0.15, -0.1) is 0 Å². The maximum Gasteiger partial charge on any atom is 0.230 e. The highest BCUT2D eigenvalue weighted by Crippen LogP contribution is 2.25. The van der Waals surface area contributed by atoms with E-state index in [1.165, 1.54) is 0 Å². The highest BCUT2D eigenvalue weighted by atomic mass is 35.5. The summed E-state index contributed by atoms with van der Waals surface area (Å²) in [6.07, 6.45) is 3.56. The van der Waals surface area contributed by atoms with E-state index in [4.69, 9.17) is 11.6 Å². The Morgan fingerprint density at radius 3 is 2.80 bits per heavy atom. The third kappa shape index (κ3) is 3.02. The van der Waals surface area contributed by atoms with Crippen molar-refractivity contribution >= 4 is 17.5 Å². The number of rotatable bonds is 4. The van der Waals surface area contributed by atoms with Gasteiger partial charge in [0.05, 0.1) is 12.0 Å². The Kier molecular flexibility index (Phi) is 4.14. The van der Waals surface area contributed by atoms with Gasteiger partial charge in [0.1, 0.15) is 5.82 Å². The molecule has 4 nitrogen and oxygen atoms in total. The minimum Gasteiger partial charge on any atom is -0.348 e. The Balaban J connectivity index is 2.09. The first kappa shape index (κ1) is 14.6. The van der Waals surface area contributed by atoms with E-state index in [9.17, 15) is 4.79 Å². The number of benzene rings is 1. The number of hydrogen-bond acceptors (Lipinski definition) is 2. The molecule has 0 saturated heterocycles. The zero-order valence-corrected chi connectivity index (χ0v) is 12.6. The van der Waals surface area contributed by atoms with Crippen LogP contribution in [0.3, 0.4) is 0 Å². The van der Waals surface area contributed by atoms with Crippen molar-refractivity contribution in [1.82, 2.24) is 14.9 Å². The molecule has 0 aliphatic carbocycles. The number of aryl methyl sites for hydroxylation is 1. The summed E-state index contributed by atoms with van der Waals surface area (Å²) in [4.78, 5) is 16.6. The fraction of sp³-hybridized carbons (Fsp3) is 0.333. The number of nitrogens with one attached hydrogen (secondary N) is 1. The van der Waals surface area contributed by atoms with Crippen molar-refractivity contribution in [1.29, 1.82) is 0 Å². The van der Waals surface area contributed by atoms with Gasteiger partial charge < -0.3 is 9.88 Å². The van der Waals surface area contributed by atoms with E-state index < -0.39 is 5.41 Å². The molecule has 1 aromatic carbocycles. The molecule has 2 aromatic rings. The topological polar surface area (TPSA) is 46.9 Å². The maximum atomic E-state index is 12.4. The van der Waals surface area contributed by atoms with Crippen molar-refractivity contribution in [3.63, 3.8) is 0 Å². The fourth-order valence-electron chi connectivity index (χ4n) is 1.96. The van der Waals surface area contributed by atoms with Crippen molar-refractivity contribution in [3.05, 3.63) is 53.1 Å². The highest BCUT2D eigenvalue weighted by molar-refractivity contribution is 6.30. The highest BCUT2D eigenvalue weighted by Gasteiger charge is 2.29. The number of nitrogens with zero attached hydrogens (tertiary/aromatic N) is 2. The number of hydrogen-bond donors (Lipinski definition) is 1. The number of carbonyl (C=O) groups excluding carboxylic acids is 1. The molecule has 0 bridgehead atoms. The summed E-state index contributed by atoms with van der Waals surface area (Å²) in [5, 5.41) is 3.55. The zero-order valence-electron chi connectivity index (χ0n) is 11.9. The lowest BCUT2D eigenvalue weighted by atomic mass is 9.84. The SMILES string of the molecule is Cn1ccnc1CNC(=O)C(C)(C)c1cccc(Cl)c1. The van der Waals surface area contributed by atoms with E-state index in [2.05, 4.69) is 10.3 Å². The van der Waals surface area contributed by atoms with Crippen molar-refractivity contribution in [2.45, 2.75) is 25.8 Å². The molecule has 1 N–H and O–H groups in total. The maximum absolute atomic E-state index is 12.4. The predicted octanol–water partition coefficient (Wildman–Crippen LogP) is 2.67. The van der Waals surface area contributed by atoms with Crippen LogP contribution in [-0.4, -0.2) is 15.5 Å². The van der Waals surface area contributed by atoms with Gasteiger partial charge in [-0.05, 0) is 31.5 Å². The number of aromatic nitrogens is 2. The lowest BCUT2D eigenvalue weighted by Gasteiger charge is -2.24. The fourth-order valence-corrected chi connectivity index (χ4v) is 2.15. The van der Waals surface area contributed by atoms with Gasteiger partial charge in [-0.1, -0.05) is 23.7 Å². The molecular formula is C15H18ClN3O. The lowest BCUT2D eigenvalue weighted by Crippen LogP contribution is -2.40. The molecule has 0 atom stereocenters. The Morgan fingerprint density at radius 1 is 1.45 bits per heavy atom. The lowest BCUT2D eigenvalue weighted by molar-refractivity contribution is -0.125. The normalized spacial score (nSPS) is 11.4. The van der Waals surface area contributed by atoms with Gasteiger partial charge in [0, 0.05) is 24.5 Å². The molecule has 20 heavy (non-hydrogen) atoms. The summed E-state index contributed by atoms with van der Waals surface area (Å²) in [5.41, 5.74) is 0.248. The second-order valence-electron chi connectivity index (χ2n) is 5.27. The van der Waals surface area contributed by atoms with Gasteiger partial charge in [-0.2, -0.15) is 0 Å². The second kappa shape index (κ2) is 5.67. The van der Waals surface area contributed by atoms with E-state index in [1.807, 2.05) is 49.9 Å². The summed E-state index contributed by atoms with van der Waals surface area (Å²) in [5.74, 6) is 0.767. The number of carbonyl (C=O) groups is 1. The van der Waals surface area contributed by atoms with Gasteiger partial charge in [-0.25, -0.2) is 4.98 Å². The summed E-state index contributed by atoms with van der Waals surface area (Å²) < 4.78 is 1.88. The molecule has 0 spiro atoms. The Bertz CT molecular complexity index is 619. The average molecular weight is 292 g/mol. The average Bonchev–Trinajstić information content (AvgIpc) is 2.81. The summed E-state index contributed by atoms with van der Waals surface area (Å²) in [7, 11) is 1.90. The van der Waals surface area contributed by atoms with E-state index in [1.54, 1.807) is 12.3 Å². The molecule has 1 aromatic heterocycles. The van der Waals surface area contributed by atoms with Crippen molar-refractivity contribution < 1.29 is 4.79 Å². The summed E-state index contributed by atoms with van der Waals surface area (Å²) in [6.45, 7) is 4.17. The minimum atomic E-state index is -0.643. The first-order chi connectivity index (χ1) is 9.41. The van der Waals surface area contributed by atoms with E-state index >= 15 is 0 Å². The standard InChI is InChI=1S/C15H18ClN3O/c1-15(2,11-5-4-6-12(16)9-11)14(20)18-10-13-17-7-8-19(13)3/h4-9H,10H2,1-3H3,(H,18,20). The molecule has 0 aliphatic heterocycles. The molecule has 0 radical (unpaired) electrons. The van der Waals surface area contributed by atoms with Crippen LogP contribution in [0.25, 0.3) is 0 Å². The largest absolute Gasteiger partial charge is 0.348 e. The molecule has 0 saturated carbocycles. The Hall–Kier alpha value is -1.81. The Labute approximate surface area is 123 Å². The van der Waals surface area contributed by atoms with Gasteiger partial charge in [0.25, 0.3) is 0 Å². The van der Waals surface area contributed by atoms with Gasteiger partial charge in [0.15, 0.2) is 0 Å². The molecule has 5 heteroatoms. The van der Waals surface area contributed by atoms with Gasteiger partial charge in [0.2, 0.25) is 5.91 Å². The third-order valence-electron chi connectivity index (χ3n) is 3.44. The minimum absolute atomic E-state index is 0.0530. The molecule has 106 valence electrons. The molecule has 2 rings (SSSR count). The van der Waals surface area contributed by atoms with Crippen LogP contribution in [0, 0.1) is 0 Å².